The fourth-order valence-electron chi connectivity index (χ4n) is 4.85. The fourth-order valence-corrected chi connectivity index (χ4v) is 4.85. The van der Waals surface area contributed by atoms with Crippen molar-refractivity contribution in [1.82, 2.24) is 9.97 Å². The Hall–Kier alpha value is -3.14. The van der Waals surface area contributed by atoms with E-state index in [-0.39, 0.29) is 24.5 Å². The Bertz CT molecular complexity index is 1290. The van der Waals surface area contributed by atoms with E-state index >= 15 is 0 Å². The maximum Gasteiger partial charge on any atom is 0.185 e. The van der Waals surface area contributed by atoms with Crippen molar-refractivity contribution in [1.29, 1.82) is 0 Å². The number of aliphatic hydroxyl groups excluding tert-OH is 1. The molecule has 36 heavy (non-hydrogen) atoms. The van der Waals surface area contributed by atoms with Gasteiger partial charge >= 0.3 is 0 Å². The molecule has 1 aromatic carbocycles. The van der Waals surface area contributed by atoms with Gasteiger partial charge in [0.15, 0.2) is 5.78 Å². The van der Waals surface area contributed by atoms with Gasteiger partial charge < -0.3 is 14.9 Å². The Labute approximate surface area is 205 Å². The second kappa shape index (κ2) is 9.38. The van der Waals surface area contributed by atoms with Crippen molar-refractivity contribution in [3.8, 4) is 11.3 Å². The SMILES string of the molecule is C[C@]1(O)[C@H](O)C[C@H](c2ccncc2CC(=O)c2ccc(F)c(-c3c(F)cccc3F)n2)O[C@@H]1C1CC1. The first-order chi connectivity index (χ1) is 17.2. The number of Topliss-reactive ketones (excluding diaryl/α,β-unsaturated/α-hetero) is 1. The lowest BCUT2D eigenvalue weighted by Gasteiger charge is -2.45. The number of benzene rings is 1. The molecule has 2 aliphatic rings. The molecule has 1 aliphatic heterocycles. The molecular weight excluding hydrogens is 473 g/mol. The molecule has 3 heterocycles. The molecule has 1 aliphatic carbocycles. The van der Waals surface area contributed by atoms with E-state index in [1.165, 1.54) is 6.20 Å². The van der Waals surface area contributed by atoms with Crippen LogP contribution in [0.1, 0.15) is 53.9 Å². The lowest BCUT2D eigenvalue weighted by atomic mass is 9.81. The number of carbonyl (C=O) groups is 1. The van der Waals surface area contributed by atoms with Crippen LogP contribution in [0.2, 0.25) is 0 Å². The van der Waals surface area contributed by atoms with E-state index in [9.17, 15) is 28.2 Å². The molecule has 0 amide bonds. The topological polar surface area (TPSA) is 92.5 Å². The molecule has 9 heteroatoms. The summed E-state index contributed by atoms with van der Waals surface area (Å²) in [6, 6.07) is 6.94. The Kier molecular flexibility index (Phi) is 6.40. The number of rotatable bonds is 6. The van der Waals surface area contributed by atoms with E-state index in [4.69, 9.17) is 4.74 Å². The van der Waals surface area contributed by atoms with E-state index in [0.29, 0.717) is 11.1 Å². The molecule has 2 aromatic heterocycles. The average molecular weight is 499 g/mol. The number of aliphatic hydroxyl groups is 2. The molecule has 1 saturated carbocycles. The highest BCUT2D eigenvalue weighted by molar-refractivity contribution is 5.96. The molecule has 3 aromatic rings. The van der Waals surface area contributed by atoms with Gasteiger partial charge in [-0.3, -0.25) is 9.78 Å². The normalized spacial score (nSPS) is 26.1. The highest BCUT2D eigenvalue weighted by Gasteiger charge is 2.52. The molecule has 0 spiro atoms. The zero-order valence-corrected chi connectivity index (χ0v) is 19.5. The van der Waals surface area contributed by atoms with Gasteiger partial charge in [-0.15, -0.1) is 0 Å². The van der Waals surface area contributed by atoms with Crippen LogP contribution >= 0.6 is 0 Å². The second-order valence-electron chi connectivity index (χ2n) is 9.66. The van der Waals surface area contributed by atoms with Crippen LogP contribution in [0.4, 0.5) is 13.2 Å². The molecule has 1 saturated heterocycles. The minimum absolute atomic E-state index is 0.132. The third-order valence-electron chi connectivity index (χ3n) is 7.02. The fraction of sp³-hybridized carbons (Fsp3) is 0.370. The summed E-state index contributed by atoms with van der Waals surface area (Å²) in [4.78, 5) is 21.2. The highest BCUT2D eigenvalue weighted by Crippen LogP contribution is 2.47. The number of nitrogens with zero attached hydrogens (tertiary/aromatic N) is 2. The third kappa shape index (κ3) is 4.54. The van der Waals surface area contributed by atoms with Crippen LogP contribution in [0.15, 0.2) is 48.8 Å². The van der Waals surface area contributed by atoms with Crippen molar-refractivity contribution in [3.63, 3.8) is 0 Å². The lowest BCUT2D eigenvalue weighted by Crippen LogP contribution is -2.56. The maximum absolute atomic E-state index is 14.4. The summed E-state index contributed by atoms with van der Waals surface area (Å²) in [5.74, 6) is -3.29. The van der Waals surface area contributed by atoms with Crippen LogP contribution in [0.25, 0.3) is 11.3 Å². The zero-order valence-electron chi connectivity index (χ0n) is 19.5. The van der Waals surface area contributed by atoms with Crippen LogP contribution in [-0.4, -0.2) is 43.8 Å². The summed E-state index contributed by atoms with van der Waals surface area (Å²) in [6.45, 7) is 1.57. The van der Waals surface area contributed by atoms with Crippen molar-refractivity contribution in [2.75, 3.05) is 0 Å². The van der Waals surface area contributed by atoms with Crippen LogP contribution in [0, 0.1) is 23.4 Å². The number of halogens is 3. The van der Waals surface area contributed by atoms with Crippen molar-refractivity contribution >= 4 is 5.78 Å². The van der Waals surface area contributed by atoms with Crippen LogP contribution < -0.4 is 0 Å². The van der Waals surface area contributed by atoms with Gasteiger partial charge in [-0.2, -0.15) is 0 Å². The highest BCUT2D eigenvalue weighted by atomic mass is 19.1. The van der Waals surface area contributed by atoms with Gasteiger partial charge in [-0.25, -0.2) is 18.2 Å². The van der Waals surface area contributed by atoms with Crippen LogP contribution in [0.5, 0.6) is 0 Å². The zero-order chi connectivity index (χ0) is 25.6. The number of carbonyl (C=O) groups excluding carboxylic acids is 1. The van der Waals surface area contributed by atoms with Gasteiger partial charge in [-0.1, -0.05) is 6.07 Å². The van der Waals surface area contributed by atoms with Gasteiger partial charge in [0.1, 0.15) is 34.4 Å². The van der Waals surface area contributed by atoms with E-state index in [0.717, 1.165) is 43.2 Å². The largest absolute Gasteiger partial charge is 0.390 e. The van der Waals surface area contributed by atoms with E-state index < -0.39 is 58.4 Å². The van der Waals surface area contributed by atoms with Crippen molar-refractivity contribution in [2.45, 2.75) is 56.5 Å². The molecule has 0 bridgehead atoms. The molecule has 188 valence electrons. The maximum atomic E-state index is 14.4. The Morgan fingerprint density at radius 2 is 1.83 bits per heavy atom. The Balaban J connectivity index is 1.43. The first-order valence-electron chi connectivity index (χ1n) is 11.8. The Morgan fingerprint density at radius 1 is 1.11 bits per heavy atom. The summed E-state index contributed by atoms with van der Waals surface area (Å²) in [5, 5.41) is 21.4. The first-order valence-corrected chi connectivity index (χ1v) is 11.8. The number of ketones is 1. The van der Waals surface area contributed by atoms with Crippen molar-refractivity contribution in [3.05, 3.63) is 83.1 Å². The summed E-state index contributed by atoms with van der Waals surface area (Å²) < 4.78 is 49.2. The number of aromatic nitrogens is 2. The summed E-state index contributed by atoms with van der Waals surface area (Å²) in [7, 11) is 0. The van der Waals surface area contributed by atoms with Crippen LogP contribution in [0.3, 0.4) is 0 Å². The van der Waals surface area contributed by atoms with Crippen molar-refractivity contribution in [2.24, 2.45) is 5.92 Å². The van der Waals surface area contributed by atoms with Crippen molar-refractivity contribution < 1.29 is 32.9 Å². The molecule has 0 radical (unpaired) electrons. The number of pyridine rings is 2. The summed E-state index contributed by atoms with van der Waals surface area (Å²) in [6.07, 6.45) is 2.69. The predicted molar refractivity (Wildman–Crippen MR) is 123 cm³/mol. The lowest BCUT2D eigenvalue weighted by molar-refractivity contribution is -0.227. The number of ether oxygens (including phenoxy) is 1. The van der Waals surface area contributed by atoms with E-state index in [1.54, 1.807) is 19.2 Å². The third-order valence-corrected chi connectivity index (χ3v) is 7.02. The monoisotopic (exact) mass is 498 g/mol. The minimum Gasteiger partial charge on any atom is -0.390 e. The molecule has 2 N–H and O–H groups in total. The van der Waals surface area contributed by atoms with E-state index in [2.05, 4.69) is 9.97 Å². The van der Waals surface area contributed by atoms with E-state index in [1.807, 2.05) is 0 Å². The summed E-state index contributed by atoms with van der Waals surface area (Å²) >= 11 is 0. The summed E-state index contributed by atoms with van der Waals surface area (Å²) in [5.41, 5.74) is -1.61. The minimum atomic E-state index is -1.38. The Morgan fingerprint density at radius 3 is 2.53 bits per heavy atom. The molecular formula is C27H25F3N2O4. The average Bonchev–Trinajstić information content (AvgIpc) is 3.67. The number of hydrogen-bond donors (Lipinski definition) is 2. The van der Waals surface area contributed by atoms with Gasteiger partial charge in [0.2, 0.25) is 0 Å². The van der Waals surface area contributed by atoms with Gasteiger partial charge in [-0.05, 0) is 67.1 Å². The molecule has 4 atom stereocenters. The quantitative estimate of drug-likeness (QED) is 0.492. The molecule has 0 unspecified atom stereocenters. The van der Waals surface area contributed by atoms with Gasteiger partial charge in [0, 0.05) is 25.2 Å². The smallest absolute Gasteiger partial charge is 0.185 e. The van der Waals surface area contributed by atoms with Gasteiger partial charge in [0.05, 0.1) is 23.9 Å². The standard InChI is InChI=1S/C27H25F3N2O4/c1-27(35)23(34)12-22(36-26(27)14-5-6-14)16-9-10-31-13-15(16)11-21(33)20-8-7-19(30)25(32-20)24-17(28)3-2-4-18(24)29/h2-4,7-10,13-14,22-23,26,34-35H,5-6,11-12H2,1H3/t22-,23-,26-,27+/m1/s1. The molecule has 5 rings (SSSR count). The first kappa shape index (κ1) is 24.5. The number of hydrogen-bond acceptors (Lipinski definition) is 6. The van der Waals surface area contributed by atoms with Gasteiger partial charge in [0.25, 0.3) is 0 Å². The van der Waals surface area contributed by atoms with Crippen LogP contribution in [-0.2, 0) is 11.2 Å². The molecule has 6 nitrogen and oxygen atoms in total. The molecule has 2 fully saturated rings. The second-order valence-corrected chi connectivity index (χ2v) is 9.66. The predicted octanol–water partition coefficient (Wildman–Crippen LogP) is 4.34.